The fraction of sp³-hybridized carbons (Fsp3) is 0.900. The van der Waals surface area contributed by atoms with Gasteiger partial charge in [-0.25, -0.2) is 0 Å². The second-order valence-corrected chi connectivity index (χ2v) is 15.1. The average molecular weight is 471 g/mol. The zero-order valence-corrected chi connectivity index (χ0v) is 22.4. The Morgan fingerprint density at radius 3 is 2.26 bits per heavy atom. The molecule has 5 fully saturated rings. The van der Waals surface area contributed by atoms with Crippen molar-refractivity contribution in [2.75, 3.05) is 0 Å². The first kappa shape index (κ1) is 23.5. The molecule has 5 aliphatic carbocycles. The summed E-state index contributed by atoms with van der Waals surface area (Å²) in [6, 6.07) is 0. The minimum Gasteiger partial charge on any atom is -0.458 e. The van der Waals surface area contributed by atoms with Crippen LogP contribution < -0.4 is 0 Å². The Balaban J connectivity index is 1.43. The Labute approximate surface area is 205 Å². The highest BCUT2D eigenvalue weighted by Gasteiger charge is 2.72. The summed E-state index contributed by atoms with van der Waals surface area (Å²) in [6.07, 6.45) is 9.85. The van der Waals surface area contributed by atoms with Gasteiger partial charge in [0.1, 0.15) is 11.5 Å². The molecule has 1 aliphatic heterocycles. The van der Waals surface area contributed by atoms with Crippen LogP contribution in [-0.4, -0.2) is 34.5 Å². The van der Waals surface area contributed by atoms with E-state index in [2.05, 4.69) is 47.6 Å². The number of carbonyl (C=O) groups is 1. The van der Waals surface area contributed by atoms with Gasteiger partial charge in [0.25, 0.3) is 0 Å². The molecule has 0 unspecified atom stereocenters. The van der Waals surface area contributed by atoms with Gasteiger partial charge in [0.15, 0.2) is 0 Å². The van der Waals surface area contributed by atoms with E-state index in [0.717, 1.165) is 38.5 Å². The number of hydrogen-bond donors (Lipinski definition) is 2. The molecule has 6 aliphatic rings. The lowest BCUT2D eigenvalue weighted by molar-refractivity contribution is -0.266. The van der Waals surface area contributed by atoms with Gasteiger partial charge in [-0.05, 0) is 97.7 Å². The van der Waals surface area contributed by atoms with Gasteiger partial charge >= 0.3 is 5.97 Å². The lowest BCUT2D eigenvalue weighted by Gasteiger charge is -2.72. The van der Waals surface area contributed by atoms with Gasteiger partial charge in [-0.3, -0.25) is 4.79 Å². The van der Waals surface area contributed by atoms with E-state index in [0.29, 0.717) is 11.8 Å². The molecule has 6 rings (SSSR count). The molecule has 4 saturated carbocycles. The van der Waals surface area contributed by atoms with E-state index >= 15 is 0 Å². The normalized spacial score (nSPS) is 59.7. The molecule has 0 aromatic rings. The molecule has 0 aromatic carbocycles. The van der Waals surface area contributed by atoms with Crippen LogP contribution in [-0.2, 0) is 9.53 Å². The van der Waals surface area contributed by atoms with Gasteiger partial charge in [0, 0.05) is 5.41 Å². The second-order valence-electron chi connectivity index (χ2n) is 15.1. The van der Waals surface area contributed by atoms with E-state index in [9.17, 15) is 15.0 Å². The van der Waals surface area contributed by atoms with E-state index < -0.39 is 11.5 Å². The monoisotopic (exact) mass is 470 g/mol. The predicted molar refractivity (Wildman–Crippen MR) is 132 cm³/mol. The van der Waals surface area contributed by atoms with Gasteiger partial charge in [-0.15, -0.1) is 0 Å². The fourth-order valence-corrected chi connectivity index (χ4v) is 11.1. The number of ether oxygens (including phenoxy) is 1. The lowest BCUT2D eigenvalue weighted by atomic mass is 9.33. The molecule has 0 bridgehead atoms. The summed E-state index contributed by atoms with van der Waals surface area (Å²) in [7, 11) is 0. The Hall–Kier alpha value is -0.870. The van der Waals surface area contributed by atoms with E-state index in [-0.39, 0.29) is 51.2 Å². The summed E-state index contributed by atoms with van der Waals surface area (Å²) in [6.45, 7) is 16.5. The maximum atomic E-state index is 12.6. The molecule has 0 aromatic heterocycles. The molecule has 11 atom stereocenters. The zero-order valence-electron chi connectivity index (χ0n) is 22.4. The van der Waals surface area contributed by atoms with Crippen molar-refractivity contribution in [1.82, 2.24) is 0 Å². The summed E-state index contributed by atoms with van der Waals surface area (Å²) >= 11 is 0. The first-order valence-corrected chi connectivity index (χ1v) is 13.9. The SMILES string of the molecule is CC1(C)[C@H]2CC[C@]3(C)[C@H](CC=C4[C@H]5C[C@@]6(C)C(=O)O[C@H]6[C@H](O)[C@]5(C)CC[C@]43C)[C@@]2(C)CC[C@@H]1O. The highest BCUT2D eigenvalue weighted by atomic mass is 16.6. The Morgan fingerprint density at radius 2 is 1.59 bits per heavy atom. The standard InChI is InChI=1S/C30H46O4/c1-25(2)19-10-13-30(7)20(27(19,4)12-11-21(25)31)9-8-17-18-16-28(5)23(34-24(28)33)22(32)26(18,3)14-15-29(17,30)6/h8,18-23,31-32H,9-16H2,1-7H3/t18-,19-,20-,21+,22+,23+,26-,27+,28-,29-,30-/m1/s1. The molecule has 4 nitrogen and oxygen atoms in total. The fourth-order valence-electron chi connectivity index (χ4n) is 11.1. The van der Waals surface area contributed by atoms with Crippen molar-refractivity contribution in [2.24, 2.45) is 50.2 Å². The van der Waals surface area contributed by atoms with E-state index in [1.54, 1.807) is 0 Å². The molecule has 0 radical (unpaired) electrons. The average Bonchev–Trinajstić information content (AvgIpc) is 2.76. The maximum absolute atomic E-state index is 12.6. The van der Waals surface area contributed by atoms with Crippen LogP contribution in [0.15, 0.2) is 11.6 Å². The van der Waals surface area contributed by atoms with E-state index in [4.69, 9.17) is 4.74 Å². The molecule has 2 N–H and O–H groups in total. The molecule has 0 spiro atoms. The number of fused-ring (bicyclic) bond motifs is 8. The molecule has 0 amide bonds. The Bertz CT molecular complexity index is 969. The van der Waals surface area contributed by atoms with Crippen LogP contribution in [0, 0.1) is 50.2 Å². The highest BCUT2D eigenvalue weighted by molar-refractivity contribution is 5.83. The summed E-state index contributed by atoms with van der Waals surface area (Å²) < 4.78 is 5.51. The van der Waals surface area contributed by atoms with Crippen molar-refractivity contribution in [1.29, 1.82) is 0 Å². The Morgan fingerprint density at radius 1 is 0.882 bits per heavy atom. The molecular weight excluding hydrogens is 424 g/mol. The van der Waals surface area contributed by atoms with E-state index in [1.807, 2.05) is 6.92 Å². The van der Waals surface area contributed by atoms with Crippen molar-refractivity contribution in [3.8, 4) is 0 Å². The van der Waals surface area contributed by atoms with Gasteiger partial charge < -0.3 is 14.9 Å². The highest BCUT2D eigenvalue weighted by Crippen LogP contribution is 2.76. The number of rotatable bonds is 0. The van der Waals surface area contributed by atoms with Crippen molar-refractivity contribution >= 4 is 5.97 Å². The number of aliphatic hydroxyl groups is 2. The number of allylic oxidation sites excluding steroid dienone is 2. The first-order valence-electron chi connectivity index (χ1n) is 13.9. The smallest absolute Gasteiger partial charge is 0.316 e. The zero-order chi connectivity index (χ0) is 24.7. The molecule has 34 heavy (non-hydrogen) atoms. The number of esters is 1. The minimum atomic E-state index is -0.584. The van der Waals surface area contributed by atoms with Crippen LogP contribution in [0.4, 0.5) is 0 Å². The van der Waals surface area contributed by atoms with Crippen molar-refractivity contribution < 1.29 is 19.7 Å². The van der Waals surface area contributed by atoms with Crippen molar-refractivity contribution in [3.63, 3.8) is 0 Å². The predicted octanol–water partition coefficient (Wildman–Crippen LogP) is 5.66. The van der Waals surface area contributed by atoms with Crippen LogP contribution in [0.2, 0.25) is 0 Å². The summed E-state index contributed by atoms with van der Waals surface area (Å²) in [5.74, 6) is 1.27. The molecular formula is C30H46O4. The van der Waals surface area contributed by atoms with Crippen LogP contribution in [0.5, 0.6) is 0 Å². The molecule has 1 heterocycles. The minimum absolute atomic E-state index is 0.0357. The molecule has 4 heteroatoms. The summed E-state index contributed by atoms with van der Waals surface area (Å²) in [5.41, 5.74) is 1.26. The van der Waals surface area contributed by atoms with Gasteiger partial charge in [0.05, 0.1) is 12.2 Å². The first-order chi connectivity index (χ1) is 15.7. The van der Waals surface area contributed by atoms with Crippen molar-refractivity contribution in [3.05, 3.63) is 11.6 Å². The van der Waals surface area contributed by atoms with E-state index in [1.165, 1.54) is 18.4 Å². The van der Waals surface area contributed by atoms with Crippen LogP contribution in [0.25, 0.3) is 0 Å². The largest absolute Gasteiger partial charge is 0.458 e. The van der Waals surface area contributed by atoms with Crippen LogP contribution >= 0.6 is 0 Å². The van der Waals surface area contributed by atoms with Crippen LogP contribution in [0.1, 0.15) is 99.8 Å². The number of aliphatic hydroxyl groups excluding tert-OH is 2. The second kappa shape index (κ2) is 6.52. The summed E-state index contributed by atoms with van der Waals surface area (Å²) in [4.78, 5) is 12.6. The quantitative estimate of drug-likeness (QED) is 0.354. The van der Waals surface area contributed by atoms with Gasteiger partial charge in [0.2, 0.25) is 0 Å². The van der Waals surface area contributed by atoms with Gasteiger partial charge in [-0.2, -0.15) is 0 Å². The van der Waals surface area contributed by atoms with Crippen molar-refractivity contribution in [2.45, 2.75) is 118 Å². The molecule has 190 valence electrons. The van der Waals surface area contributed by atoms with Gasteiger partial charge in [-0.1, -0.05) is 53.2 Å². The topological polar surface area (TPSA) is 66.8 Å². The van der Waals surface area contributed by atoms with Crippen LogP contribution in [0.3, 0.4) is 0 Å². The third kappa shape index (κ3) is 2.37. The Kier molecular flexibility index (Phi) is 4.51. The summed E-state index contributed by atoms with van der Waals surface area (Å²) in [5, 5.41) is 22.4. The maximum Gasteiger partial charge on any atom is 0.316 e. The third-order valence-electron chi connectivity index (χ3n) is 13.8. The molecule has 1 saturated heterocycles. The lowest BCUT2D eigenvalue weighted by Crippen LogP contribution is -2.71. The number of hydrogen-bond acceptors (Lipinski definition) is 4. The number of carbonyl (C=O) groups excluding carboxylic acids is 1. The third-order valence-corrected chi connectivity index (χ3v) is 13.8.